The zero-order valence-corrected chi connectivity index (χ0v) is 26.4. The number of rotatable bonds is 17. The molecule has 11 heteroatoms. The van der Waals surface area contributed by atoms with Crippen LogP contribution in [0.2, 0.25) is 0 Å². The summed E-state index contributed by atoms with van der Waals surface area (Å²) in [5, 5.41) is 5.42. The minimum Gasteiger partial charge on any atom is -0.460 e. The van der Waals surface area contributed by atoms with Crippen LogP contribution in [0.15, 0.2) is 24.3 Å². The molecule has 0 saturated carbocycles. The van der Waals surface area contributed by atoms with Crippen LogP contribution in [0.4, 0.5) is 5.69 Å². The monoisotopic (exact) mass is 590 g/mol. The van der Waals surface area contributed by atoms with Gasteiger partial charge in [0.2, 0.25) is 17.7 Å². The van der Waals surface area contributed by atoms with Gasteiger partial charge in [0.05, 0.1) is 24.0 Å². The number of amides is 3. The minimum absolute atomic E-state index is 0.0920. The van der Waals surface area contributed by atoms with Crippen molar-refractivity contribution in [3.05, 3.63) is 29.8 Å². The first-order valence-electron chi connectivity index (χ1n) is 14.5. The summed E-state index contributed by atoms with van der Waals surface area (Å²) in [6, 6.07) is 5.85. The van der Waals surface area contributed by atoms with Gasteiger partial charge in [-0.15, -0.1) is 0 Å². The molecular formula is C31H50N4O7. The van der Waals surface area contributed by atoms with Crippen LogP contribution in [0.3, 0.4) is 0 Å². The van der Waals surface area contributed by atoms with E-state index in [2.05, 4.69) is 16.1 Å². The summed E-state index contributed by atoms with van der Waals surface area (Å²) in [7, 11) is 0. The molecule has 3 atom stereocenters. The smallest absolute Gasteiger partial charge is 0.311 e. The molecule has 1 aromatic rings. The number of nitrogens with two attached hydrogens (primary N) is 1. The van der Waals surface area contributed by atoms with Crippen molar-refractivity contribution >= 4 is 35.2 Å². The number of carbonyl (C=O) groups excluding carboxylic acids is 5. The number of hydrogen-bond acceptors (Lipinski definition) is 8. The van der Waals surface area contributed by atoms with Crippen molar-refractivity contribution in [2.24, 2.45) is 23.0 Å². The van der Waals surface area contributed by atoms with Crippen LogP contribution in [0.1, 0.15) is 93.1 Å². The molecule has 236 valence electrons. The zero-order chi connectivity index (χ0) is 32.1. The highest BCUT2D eigenvalue weighted by atomic mass is 16.6. The van der Waals surface area contributed by atoms with Crippen molar-refractivity contribution in [2.75, 3.05) is 11.9 Å². The lowest BCUT2D eigenvalue weighted by Crippen LogP contribution is -2.42. The topological polar surface area (TPSA) is 166 Å². The molecule has 0 saturated heterocycles. The average molecular weight is 591 g/mol. The van der Waals surface area contributed by atoms with E-state index in [1.807, 2.05) is 20.8 Å². The first kappa shape index (κ1) is 36.7. The van der Waals surface area contributed by atoms with Gasteiger partial charge in [0.1, 0.15) is 6.61 Å². The largest absolute Gasteiger partial charge is 0.460 e. The van der Waals surface area contributed by atoms with E-state index in [9.17, 15) is 24.0 Å². The van der Waals surface area contributed by atoms with E-state index in [1.165, 1.54) is 0 Å². The Morgan fingerprint density at radius 3 is 2.05 bits per heavy atom. The summed E-state index contributed by atoms with van der Waals surface area (Å²) in [5.41, 5.74) is 8.73. The number of ether oxygens (including phenoxy) is 1. The molecule has 11 nitrogen and oxygen atoms in total. The maximum absolute atomic E-state index is 13.0. The number of anilines is 1. The highest BCUT2D eigenvalue weighted by molar-refractivity contribution is 5.99. The second kappa shape index (κ2) is 17.0. The Labute approximate surface area is 250 Å². The van der Waals surface area contributed by atoms with Gasteiger partial charge < -0.3 is 25.9 Å². The van der Waals surface area contributed by atoms with E-state index < -0.39 is 29.2 Å². The van der Waals surface area contributed by atoms with Crippen LogP contribution in [0, 0.1) is 17.3 Å². The third-order valence-corrected chi connectivity index (χ3v) is 6.27. The van der Waals surface area contributed by atoms with Gasteiger partial charge in [-0.05, 0) is 79.0 Å². The number of unbranched alkanes of at least 4 members (excludes halogenated alkanes) is 1. The fourth-order valence-electron chi connectivity index (χ4n) is 3.67. The highest BCUT2D eigenvalue weighted by Gasteiger charge is 2.28. The summed E-state index contributed by atoms with van der Waals surface area (Å²) >= 11 is 0. The predicted octanol–water partition coefficient (Wildman–Crippen LogP) is 3.80. The molecule has 0 bridgehead atoms. The lowest BCUT2D eigenvalue weighted by Gasteiger charge is -2.20. The standard InChI is InChI=1S/C31H50N4O7/c1-20(11-9-10-16-42-35-31(6,7)8)27(38)33-21(2)25(36)17-23(18-26(32)37)28(39)34-24-14-12-22(13-15-24)19-41-29(40)30(3,4)5/h12-15,20-21,23,35H,9-11,16-19H2,1-8H3,(H2,32,37)(H,33,38)(H,34,39)/t20-,21+,23+/m1/s1. The second-order valence-corrected chi connectivity index (χ2v) is 12.9. The Hall–Kier alpha value is -3.31. The normalized spacial score (nSPS) is 13.9. The van der Waals surface area contributed by atoms with Crippen LogP contribution in [-0.2, 0) is 40.2 Å². The molecule has 0 aliphatic carbocycles. The maximum atomic E-state index is 13.0. The van der Waals surface area contributed by atoms with Gasteiger partial charge in [0, 0.05) is 30.0 Å². The fourth-order valence-corrected chi connectivity index (χ4v) is 3.67. The summed E-state index contributed by atoms with van der Waals surface area (Å²) in [5.74, 6) is -3.52. The number of carbonyl (C=O) groups is 5. The van der Waals surface area contributed by atoms with E-state index in [-0.39, 0.29) is 48.6 Å². The molecule has 42 heavy (non-hydrogen) atoms. The third kappa shape index (κ3) is 15.1. The third-order valence-electron chi connectivity index (χ3n) is 6.27. The van der Waals surface area contributed by atoms with Crippen LogP contribution in [0.25, 0.3) is 0 Å². The highest BCUT2D eigenvalue weighted by Crippen LogP contribution is 2.19. The number of esters is 1. The van der Waals surface area contributed by atoms with E-state index in [0.29, 0.717) is 18.7 Å². The van der Waals surface area contributed by atoms with Gasteiger partial charge in [-0.1, -0.05) is 25.5 Å². The molecule has 0 radical (unpaired) electrons. The molecule has 1 aromatic carbocycles. The Bertz CT molecular complexity index is 1060. The van der Waals surface area contributed by atoms with Gasteiger partial charge in [-0.25, -0.2) is 0 Å². The maximum Gasteiger partial charge on any atom is 0.311 e. The number of nitrogens with one attached hydrogen (secondary N) is 3. The first-order chi connectivity index (χ1) is 19.4. The molecule has 0 aromatic heterocycles. The van der Waals surface area contributed by atoms with Gasteiger partial charge in [-0.2, -0.15) is 5.48 Å². The minimum atomic E-state index is -0.999. The second-order valence-electron chi connectivity index (χ2n) is 12.9. The summed E-state index contributed by atoms with van der Waals surface area (Å²) < 4.78 is 5.29. The quantitative estimate of drug-likeness (QED) is 0.121. The number of benzene rings is 1. The Morgan fingerprint density at radius 2 is 1.50 bits per heavy atom. The van der Waals surface area contributed by atoms with E-state index >= 15 is 0 Å². The molecule has 0 fully saturated rings. The van der Waals surface area contributed by atoms with Crippen molar-refractivity contribution in [3.8, 4) is 0 Å². The van der Waals surface area contributed by atoms with Crippen LogP contribution >= 0.6 is 0 Å². The molecule has 1 rings (SSSR count). The number of hydrogen-bond donors (Lipinski definition) is 4. The number of primary amides is 1. The van der Waals surface area contributed by atoms with Gasteiger partial charge in [0.25, 0.3) is 0 Å². The van der Waals surface area contributed by atoms with E-state index in [1.54, 1.807) is 58.9 Å². The van der Waals surface area contributed by atoms with Crippen LogP contribution < -0.4 is 21.8 Å². The van der Waals surface area contributed by atoms with E-state index in [0.717, 1.165) is 18.4 Å². The van der Waals surface area contributed by atoms with Crippen molar-refractivity contribution in [2.45, 2.75) is 106 Å². The molecule has 0 spiro atoms. The van der Waals surface area contributed by atoms with Gasteiger partial charge >= 0.3 is 5.97 Å². The molecule has 3 amide bonds. The number of Topliss-reactive ketones (excluding diaryl/α,β-unsaturated/α-hetero) is 1. The average Bonchev–Trinajstić information content (AvgIpc) is 2.87. The molecule has 5 N–H and O–H groups in total. The zero-order valence-electron chi connectivity index (χ0n) is 26.4. The first-order valence-corrected chi connectivity index (χ1v) is 14.5. The van der Waals surface area contributed by atoms with Crippen LogP contribution in [0.5, 0.6) is 0 Å². The SMILES string of the molecule is C[C@H](CCCCONC(C)(C)C)C(=O)N[C@@H](C)C(=O)C[C@@H](CC(N)=O)C(=O)Nc1ccc(COC(=O)C(C)(C)C)cc1. The lowest BCUT2D eigenvalue weighted by atomic mass is 9.94. The fraction of sp³-hybridized carbons (Fsp3) is 0.645. The van der Waals surface area contributed by atoms with Crippen molar-refractivity contribution in [3.63, 3.8) is 0 Å². The Balaban J connectivity index is 2.61. The molecule has 0 heterocycles. The Kier molecular flexibility index (Phi) is 14.8. The number of ketones is 1. The lowest BCUT2D eigenvalue weighted by molar-refractivity contribution is -0.154. The predicted molar refractivity (Wildman–Crippen MR) is 161 cm³/mol. The molecular weight excluding hydrogens is 540 g/mol. The molecule has 0 unspecified atom stereocenters. The molecule has 0 aliphatic rings. The summed E-state index contributed by atoms with van der Waals surface area (Å²) in [6.45, 7) is 15.3. The summed E-state index contributed by atoms with van der Waals surface area (Å²) in [4.78, 5) is 67.5. The van der Waals surface area contributed by atoms with Crippen molar-refractivity contribution in [1.82, 2.24) is 10.8 Å². The van der Waals surface area contributed by atoms with Crippen LogP contribution in [-0.4, -0.2) is 47.7 Å². The molecule has 0 aliphatic heterocycles. The van der Waals surface area contributed by atoms with E-state index in [4.69, 9.17) is 15.3 Å². The number of hydroxylamine groups is 1. The van der Waals surface area contributed by atoms with Crippen molar-refractivity contribution in [1.29, 1.82) is 0 Å². The summed E-state index contributed by atoms with van der Waals surface area (Å²) in [6.07, 6.45) is 1.63. The van der Waals surface area contributed by atoms with Gasteiger partial charge in [0.15, 0.2) is 5.78 Å². The Morgan fingerprint density at radius 1 is 0.881 bits per heavy atom. The van der Waals surface area contributed by atoms with Gasteiger partial charge in [-0.3, -0.25) is 24.0 Å². The van der Waals surface area contributed by atoms with Crippen molar-refractivity contribution < 1.29 is 33.5 Å².